The number of hydrogen-bond acceptors (Lipinski definition) is 4. The van der Waals surface area contributed by atoms with E-state index in [0.29, 0.717) is 36.4 Å². The average Bonchev–Trinajstić information content (AvgIpc) is 3.37. The van der Waals surface area contributed by atoms with E-state index in [1.54, 1.807) is 19.3 Å². The number of hydrogen-bond donors (Lipinski definition) is 1. The van der Waals surface area contributed by atoms with Crippen molar-refractivity contribution in [1.29, 1.82) is 0 Å². The van der Waals surface area contributed by atoms with E-state index in [9.17, 15) is 4.79 Å². The molecule has 1 amide bonds. The SMILES string of the molecule is COc1cc(/C=C/C(=O)NC(C)C2CC2)cc2c1OCCO2. The van der Waals surface area contributed by atoms with Gasteiger partial charge in [0, 0.05) is 12.1 Å². The lowest BCUT2D eigenvalue weighted by Crippen LogP contribution is -2.32. The molecule has 1 saturated carbocycles. The quantitative estimate of drug-likeness (QED) is 0.849. The predicted octanol–water partition coefficient (Wildman–Crippen LogP) is 2.39. The highest BCUT2D eigenvalue weighted by atomic mass is 16.6. The first-order chi connectivity index (χ1) is 10.7. The van der Waals surface area contributed by atoms with Crippen molar-refractivity contribution in [3.8, 4) is 17.2 Å². The molecule has 0 saturated heterocycles. The summed E-state index contributed by atoms with van der Waals surface area (Å²) in [5, 5.41) is 2.99. The number of carbonyl (C=O) groups excluding carboxylic acids is 1. The zero-order valence-electron chi connectivity index (χ0n) is 12.9. The second-order valence-corrected chi connectivity index (χ2v) is 5.72. The Balaban J connectivity index is 1.71. The van der Waals surface area contributed by atoms with Crippen molar-refractivity contribution in [2.45, 2.75) is 25.8 Å². The van der Waals surface area contributed by atoms with E-state index in [1.165, 1.54) is 12.8 Å². The van der Waals surface area contributed by atoms with Crippen LogP contribution in [0.3, 0.4) is 0 Å². The number of rotatable bonds is 5. The van der Waals surface area contributed by atoms with E-state index < -0.39 is 0 Å². The fourth-order valence-electron chi connectivity index (χ4n) is 2.55. The van der Waals surface area contributed by atoms with E-state index in [4.69, 9.17) is 14.2 Å². The average molecular weight is 303 g/mol. The molecule has 5 heteroatoms. The molecule has 0 radical (unpaired) electrons. The molecule has 2 aliphatic rings. The second kappa shape index (κ2) is 6.30. The van der Waals surface area contributed by atoms with Gasteiger partial charge in [-0.3, -0.25) is 4.79 Å². The highest BCUT2D eigenvalue weighted by Gasteiger charge is 2.28. The Kier molecular flexibility index (Phi) is 4.22. The summed E-state index contributed by atoms with van der Waals surface area (Å²) in [4.78, 5) is 11.9. The first kappa shape index (κ1) is 14.8. The van der Waals surface area contributed by atoms with Crippen LogP contribution >= 0.6 is 0 Å². The van der Waals surface area contributed by atoms with Crippen molar-refractivity contribution in [1.82, 2.24) is 5.32 Å². The minimum absolute atomic E-state index is 0.0757. The molecule has 118 valence electrons. The molecule has 0 spiro atoms. The minimum Gasteiger partial charge on any atom is -0.493 e. The van der Waals surface area contributed by atoms with E-state index in [0.717, 1.165) is 5.56 Å². The smallest absolute Gasteiger partial charge is 0.244 e. The third-order valence-corrected chi connectivity index (χ3v) is 3.98. The van der Waals surface area contributed by atoms with Crippen LogP contribution in [-0.4, -0.2) is 32.3 Å². The van der Waals surface area contributed by atoms with Crippen LogP contribution in [0, 0.1) is 5.92 Å². The van der Waals surface area contributed by atoms with Gasteiger partial charge >= 0.3 is 0 Å². The molecule has 0 aromatic heterocycles. The highest BCUT2D eigenvalue weighted by molar-refractivity contribution is 5.92. The fraction of sp³-hybridized carbons (Fsp3) is 0.471. The van der Waals surface area contributed by atoms with Crippen LogP contribution in [-0.2, 0) is 4.79 Å². The summed E-state index contributed by atoms with van der Waals surface area (Å²) < 4.78 is 16.5. The van der Waals surface area contributed by atoms with Gasteiger partial charge in [0.05, 0.1) is 7.11 Å². The Labute approximate surface area is 130 Å². The first-order valence-corrected chi connectivity index (χ1v) is 7.63. The number of amides is 1. The van der Waals surface area contributed by atoms with Gasteiger partial charge in [0.25, 0.3) is 0 Å². The Morgan fingerprint density at radius 2 is 2.14 bits per heavy atom. The van der Waals surface area contributed by atoms with E-state index in [1.807, 2.05) is 12.1 Å². The summed E-state index contributed by atoms with van der Waals surface area (Å²) in [5.74, 6) is 2.46. The van der Waals surface area contributed by atoms with Gasteiger partial charge in [-0.2, -0.15) is 0 Å². The van der Waals surface area contributed by atoms with Crippen molar-refractivity contribution in [2.75, 3.05) is 20.3 Å². The maximum atomic E-state index is 11.9. The molecule has 1 aliphatic carbocycles. The molecule has 1 atom stereocenters. The van der Waals surface area contributed by atoms with Crippen molar-refractivity contribution >= 4 is 12.0 Å². The van der Waals surface area contributed by atoms with Gasteiger partial charge < -0.3 is 19.5 Å². The monoisotopic (exact) mass is 303 g/mol. The topological polar surface area (TPSA) is 56.8 Å². The summed E-state index contributed by atoms with van der Waals surface area (Å²) in [7, 11) is 1.59. The summed E-state index contributed by atoms with van der Waals surface area (Å²) in [6.45, 7) is 3.08. The zero-order valence-corrected chi connectivity index (χ0v) is 12.9. The summed E-state index contributed by atoms with van der Waals surface area (Å²) in [6, 6.07) is 3.93. The molecule has 22 heavy (non-hydrogen) atoms. The van der Waals surface area contributed by atoms with E-state index in [-0.39, 0.29) is 11.9 Å². The standard InChI is InChI=1S/C17H21NO4/c1-11(13-4-5-13)18-16(19)6-3-12-9-14(20-2)17-15(10-12)21-7-8-22-17/h3,6,9-11,13H,4-5,7-8H2,1-2H3,(H,18,19)/b6-3+. The summed E-state index contributed by atoms with van der Waals surface area (Å²) in [6.07, 6.45) is 5.73. The lowest BCUT2D eigenvalue weighted by molar-refractivity contribution is -0.117. The van der Waals surface area contributed by atoms with Gasteiger partial charge in [-0.15, -0.1) is 0 Å². The third-order valence-electron chi connectivity index (χ3n) is 3.98. The van der Waals surface area contributed by atoms with Crippen LogP contribution in [0.25, 0.3) is 6.08 Å². The Bertz CT molecular complexity index is 575. The van der Waals surface area contributed by atoms with E-state index >= 15 is 0 Å². The molecular formula is C17H21NO4. The maximum absolute atomic E-state index is 11.9. The molecular weight excluding hydrogens is 282 g/mol. The number of nitrogens with one attached hydrogen (secondary N) is 1. The number of ether oxygens (including phenoxy) is 3. The molecule has 1 N–H and O–H groups in total. The van der Waals surface area contributed by atoms with Crippen molar-refractivity contribution in [3.63, 3.8) is 0 Å². The Morgan fingerprint density at radius 3 is 2.86 bits per heavy atom. The molecule has 1 unspecified atom stereocenters. The third kappa shape index (κ3) is 3.35. The number of fused-ring (bicyclic) bond motifs is 1. The van der Waals surface area contributed by atoms with Gasteiger partial charge in [0.1, 0.15) is 13.2 Å². The number of methoxy groups -OCH3 is 1. The molecule has 0 bridgehead atoms. The van der Waals surface area contributed by atoms with Crippen molar-refractivity contribution < 1.29 is 19.0 Å². The van der Waals surface area contributed by atoms with Crippen LogP contribution in [0.5, 0.6) is 17.2 Å². The van der Waals surface area contributed by atoms with Crippen LogP contribution in [0.2, 0.25) is 0 Å². The number of benzene rings is 1. The van der Waals surface area contributed by atoms with Gasteiger partial charge in [-0.05, 0) is 49.5 Å². The van der Waals surface area contributed by atoms with Gasteiger partial charge in [0.2, 0.25) is 11.7 Å². The first-order valence-electron chi connectivity index (χ1n) is 7.63. The Hall–Kier alpha value is -2.17. The molecule has 3 rings (SSSR count). The largest absolute Gasteiger partial charge is 0.493 e. The normalized spacial score (nSPS) is 18.1. The molecule has 1 fully saturated rings. The van der Waals surface area contributed by atoms with E-state index in [2.05, 4.69) is 12.2 Å². The molecule has 1 aliphatic heterocycles. The predicted molar refractivity (Wildman–Crippen MR) is 83.3 cm³/mol. The second-order valence-electron chi connectivity index (χ2n) is 5.72. The lowest BCUT2D eigenvalue weighted by Gasteiger charge is -2.21. The molecule has 1 aromatic rings. The summed E-state index contributed by atoms with van der Waals surface area (Å²) in [5.41, 5.74) is 0.843. The Morgan fingerprint density at radius 1 is 1.36 bits per heavy atom. The van der Waals surface area contributed by atoms with Crippen molar-refractivity contribution in [2.24, 2.45) is 5.92 Å². The van der Waals surface area contributed by atoms with Crippen LogP contribution in [0.1, 0.15) is 25.3 Å². The van der Waals surface area contributed by atoms with Crippen LogP contribution < -0.4 is 19.5 Å². The lowest BCUT2D eigenvalue weighted by atomic mass is 10.1. The number of carbonyl (C=O) groups is 1. The zero-order chi connectivity index (χ0) is 15.5. The van der Waals surface area contributed by atoms with Crippen LogP contribution in [0.4, 0.5) is 0 Å². The highest BCUT2D eigenvalue weighted by Crippen LogP contribution is 2.40. The summed E-state index contributed by atoms with van der Waals surface area (Å²) >= 11 is 0. The van der Waals surface area contributed by atoms with Crippen LogP contribution in [0.15, 0.2) is 18.2 Å². The van der Waals surface area contributed by atoms with Gasteiger partial charge in [0.15, 0.2) is 11.5 Å². The minimum atomic E-state index is -0.0757. The fourth-order valence-corrected chi connectivity index (χ4v) is 2.55. The van der Waals surface area contributed by atoms with Crippen molar-refractivity contribution in [3.05, 3.63) is 23.8 Å². The molecule has 1 aromatic carbocycles. The van der Waals surface area contributed by atoms with Gasteiger partial charge in [-0.25, -0.2) is 0 Å². The molecule has 5 nitrogen and oxygen atoms in total. The van der Waals surface area contributed by atoms with Gasteiger partial charge in [-0.1, -0.05) is 0 Å². The maximum Gasteiger partial charge on any atom is 0.244 e. The molecule has 1 heterocycles.